The van der Waals surface area contributed by atoms with E-state index in [1.807, 2.05) is 49.4 Å². The lowest BCUT2D eigenvalue weighted by Gasteiger charge is -2.16. The number of carboxylic acids is 1. The normalized spacial score (nSPS) is 11.6. The fourth-order valence-electron chi connectivity index (χ4n) is 2.78. The van der Waals surface area contributed by atoms with Gasteiger partial charge in [0, 0.05) is 6.04 Å². The van der Waals surface area contributed by atoms with Crippen LogP contribution in [0, 0.1) is 0 Å². The van der Waals surface area contributed by atoms with E-state index in [1.165, 1.54) is 0 Å². The van der Waals surface area contributed by atoms with Gasteiger partial charge in [-0.25, -0.2) is 0 Å². The van der Waals surface area contributed by atoms with Crippen LogP contribution in [0.15, 0.2) is 48.5 Å². The van der Waals surface area contributed by atoms with Gasteiger partial charge in [-0.05, 0) is 43.0 Å². The van der Waals surface area contributed by atoms with Crippen LogP contribution in [0.2, 0.25) is 0 Å². The van der Waals surface area contributed by atoms with Crippen molar-refractivity contribution in [2.45, 2.75) is 45.6 Å². The SMILES string of the molecule is CCCCOc1ccccc1C(=O)NC(C)Cc1ccc(CC(=O)O)cc1. The topological polar surface area (TPSA) is 75.6 Å². The number of hydrogen-bond donors (Lipinski definition) is 2. The van der Waals surface area contributed by atoms with Gasteiger partial charge in [-0.15, -0.1) is 0 Å². The molecule has 0 fully saturated rings. The lowest BCUT2D eigenvalue weighted by Crippen LogP contribution is -2.34. The Labute approximate surface area is 160 Å². The molecule has 2 rings (SSSR count). The summed E-state index contributed by atoms with van der Waals surface area (Å²) in [5, 5.41) is 11.8. The van der Waals surface area contributed by atoms with Gasteiger partial charge in [0.15, 0.2) is 0 Å². The Hall–Kier alpha value is -2.82. The van der Waals surface area contributed by atoms with Gasteiger partial charge >= 0.3 is 5.97 Å². The first kappa shape index (κ1) is 20.5. The zero-order chi connectivity index (χ0) is 19.6. The number of amides is 1. The molecule has 1 amide bonds. The van der Waals surface area contributed by atoms with Gasteiger partial charge < -0.3 is 15.2 Å². The van der Waals surface area contributed by atoms with Gasteiger partial charge in [-0.1, -0.05) is 49.7 Å². The summed E-state index contributed by atoms with van der Waals surface area (Å²) in [7, 11) is 0. The summed E-state index contributed by atoms with van der Waals surface area (Å²) < 4.78 is 5.73. The van der Waals surface area contributed by atoms with E-state index in [0.717, 1.165) is 24.0 Å². The minimum absolute atomic E-state index is 0.0153. The second-order valence-electron chi connectivity index (χ2n) is 6.66. The Morgan fingerprint density at radius 3 is 2.41 bits per heavy atom. The van der Waals surface area contributed by atoms with Crippen molar-refractivity contribution < 1.29 is 19.4 Å². The number of ether oxygens (including phenoxy) is 1. The summed E-state index contributed by atoms with van der Waals surface area (Å²) in [4.78, 5) is 23.4. The Bertz CT molecular complexity index is 755. The Morgan fingerprint density at radius 2 is 1.74 bits per heavy atom. The maximum absolute atomic E-state index is 12.6. The zero-order valence-electron chi connectivity index (χ0n) is 15.9. The Morgan fingerprint density at radius 1 is 1.07 bits per heavy atom. The molecule has 0 spiro atoms. The molecule has 2 aromatic rings. The van der Waals surface area contributed by atoms with Crippen LogP contribution >= 0.6 is 0 Å². The number of carbonyl (C=O) groups is 2. The van der Waals surface area contributed by atoms with Crippen LogP contribution < -0.4 is 10.1 Å². The first-order valence-corrected chi connectivity index (χ1v) is 9.32. The molecule has 0 bridgehead atoms. The Kier molecular flexibility index (Phi) is 7.86. The van der Waals surface area contributed by atoms with Crippen molar-refractivity contribution >= 4 is 11.9 Å². The third kappa shape index (κ3) is 6.77. The highest BCUT2D eigenvalue weighted by molar-refractivity contribution is 5.97. The number of unbranched alkanes of at least 4 members (excludes halogenated alkanes) is 1. The second-order valence-corrected chi connectivity index (χ2v) is 6.66. The van der Waals surface area contributed by atoms with Crippen LogP contribution in [-0.2, 0) is 17.6 Å². The largest absolute Gasteiger partial charge is 0.493 e. The van der Waals surface area contributed by atoms with Crippen LogP contribution in [0.25, 0.3) is 0 Å². The van der Waals surface area contributed by atoms with Crippen LogP contribution in [0.3, 0.4) is 0 Å². The van der Waals surface area contributed by atoms with Crippen molar-refractivity contribution in [3.63, 3.8) is 0 Å². The number of para-hydroxylation sites is 1. The van der Waals surface area contributed by atoms with Gasteiger partial charge in [0.1, 0.15) is 5.75 Å². The summed E-state index contributed by atoms with van der Waals surface area (Å²) in [5.74, 6) is -0.394. The molecule has 0 heterocycles. The first-order valence-electron chi connectivity index (χ1n) is 9.32. The summed E-state index contributed by atoms with van der Waals surface area (Å²) in [6.45, 7) is 4.64. The molecular formula is C22H27NO4. The minimum atomic E-state index is -0.844. The van der Waals surface area contributed by atoms with E-state index in [9.17, 15) is 9.59 Å². The number of hydrogen-bond acceptors (Lipinski definition) is 3. The third-order valence-electron chi connectivity index (χ3n) is 4.18. The van der Waals surface area contributed by atoms with Crippen LogP contribution in [0.5, 0.6) is 5.75 Å². The number of aliphatic carboxylic acids is 1. The van der Waals surface area contributed by atoms with E-state index >= 15 is 0 Å². The molecule has 0 aliphatic carbocycles. The third-order valence-corrected chi connectivity index (χ3v) is 4.18. The highest BCUT2D eigenvalue weighted by Gasteiger charge is 2.15. The van der Waals surface area contributed by atoms with Gasteiger partial charge in [-0.3, -0.25) is 9.59 Å². The van der Waals surface area contributed by atoms with Gasteiger partial charge in [0.05, 0.1) is 18.6 Å². The molecule has 2 aromatic carbocycles. The molecule has 2 N–H and O–H groups in total. The van der Waals surface area contributed by atoms with Crippen molar-refractivity contribution in [2.75, 3.05) is 6.61 Å². The predicted molar refractivity (Wildman–Crippen MR) is 105 cm³/mol. The lowest BCUT2D eigenvalue weighted by molar-refractivity contribution is -0.136. The van der Waals surface area contributed by atoms with Crippen molar-refractivity contribution in [3.8, 4) is 5.75 Å². The quantitative estimate of drug-likeness (QED) is 0.624. The van der Waals surface area contributed by atoms with E-state index in [1.54, 1.807) is 6.07 Å². The zero-order valence-corrected chi connectivity index (χ0v) is 15.9. The molecule has 0 aromatic heterocycles. The molecule has 1 atom stereocenters. The molecule has 0 saturated carbocycles. The molecule has 0 radical (unpaired) electrons. The van der Waals surface area contributed by atoms with Crippen molar-refractivity contribution in [1.82, 2.24) is 5.32 Å². The number of carbonyl (C=O) groups excluding carboxylic acids is 1. The van der Waals surface area contributed by atoms with Gasteiger partial charge in [-0.2, -0.15) is 0 Å². The molecule has 144 valence electrons. The standard InChI is InChI=1S/C22H27NO4/c1-3-4-13-27-20-8-6-5-7-19(20)22(26)23-16(2)14-17-9-11-18(12-10-17)15-21(24)25/h5-12,16H,3-4,13-15H2,1-2H3,(H,23,26)(H,24,25). The van der Waals surface area contributed by atoms with Crippen molar-refractivity contribution in [2.24, 2.45) is 0 Å². The molecule has 5 nitrogen and oxygen atoms in total. The molecule has 1 unspecified atom stereocenters. The fourth-order valence-corrected chi connectivity index (χ4v) is 2.78. The maximum atomic E-state index is 12.6. The molecule has 27 heavy (non-hydrogen) atoms. The highest BCUT2D eigenvalue weighted by Crippen LogP contribution is 2.18. The van der Waals surface area contributed by atoms with E-state index in [2.05, 4.69) is 12.2 Å². The highest BCUT2D eigenvalue weighted by atomic mass is 16.5. The van der Waals surface area contributed by atoms with Gasteiger partial charge in [0.2, 0.25) is 0 Å². The molecular weight excluding hydrogens is 342 g/mol. The van der Waals surface area contributed by atoms with Crippen LogP contribution in [0.4, 0.5) is 0 Å². The van der Waals surface area contributed by atoms with E-state index < -0.39 is 5.97 Å². The summed E-state index contributed by atoms with van der Waals surface area (Å²) >= 11 is 0. The lowest BCUT2D eigenvalue weighted by atomic mass is 10.0. The molecule has 0 aliphatic rings. The van der Waals surface area contributed by atoms with Gasteiger partial charge in [0.25, 0.3) is 5.91 Å². The maximum Gasteiger partial charge on any atom is 0.307 e. The fraction of sp³-hybridized carbons (Fsp3) is 0.364. The number of nitrogens with one attached hydrogen (secondary N) is 1. The monoisotopic (exact) mass is 369 g/mol. The van der Waals surface area contributed by atoms with Crippen LogP contribution in [0.1, 0.15) is 48.2 Å². The molecule has 0 saturated heterocycles. The summed E-state index contributed by atoms with van der Waals surface area (Å²) in [6.07, 6.45) is 2.67. The number of carboxylic acid groups (broad SMARTS) is 1. The van der Waals surface area contributed by atoms with Crippen molar-refractivity contribution in [1.29, 1.82) is 0 Å². The van der Waals surface area contributed by atoms with Crippen LogP contribution in [-0.4, -0.2) is 29.6 Å². The average molecular weight is 369 g/mol. The number of benzene rings is 2. The number of rotatable bonds is 10. The average Bonchev–Trinajstić information content (AvgIpc) is 2.63. The molecule has 0 aliphatic heterocycles. The van der Waals surface area contributed by atoms with Crippen molar-refractivity contribution in [3.05, 3.63) is 65.2 Å². The van der Waals surface area contributed by atoms with E-state index in [-0.39, 0.29) is 18.4 Å². The minimum Gasteiger partial charge on any atom is -0.493 e. The summed E-state index contributed by atoms with van der Waals surface area (Å²) in [5.41, 5.74) is 2.35. The second kappa shape index (κ2) is 10.4. The predicted octanol–water partition coefficient (Wildman–Crippen LogP) is 3.85. The molecule has 5 heteroatoms. The van der Waals surface area contributed by atoms with E-state index in [0.29, 0.717) is 24.3 Å². The smallest absolute Gasteiger partial charge is 0.307 e. The summed E-state index contributed by atoms with van der Waals surface area (Å²) in [6, 6.07) is 14.6. The Balaban J connectivity index is 1.94. The van der Waals surface area contributed by atoms with E-state index in [4.69, 9.17) is 9.84 Å². The first-order chi connectivity index (χ1) is 13.0.